The molecular weight excluding hydrogens is 234 g/mol. The molecule has 0 amide bonds. The number of oxime groups is 1. The highest BCUT2D eigenvalue weighted by molar-refractivity contribution is 6.04. The summed E-state index contributed by atoms with van der Waals surface area (Å²) in [6.07, 6.45) is 0.589. The monoisotopic (exact) mass is 249 g/mol. The first-order chi connectivity index (χ1) is 8.60. The summed E-state index contributed by atoms with van der Waals surface area (Å²) in [7, 11) is 1.60. The first-order valence-electron chi connectivity index (χ1n) is 5.69. The SMILES string of the molecule is COc1ccc2c(c1)O[C@H](C)C/C2=N\OC(C)=O. The van der Waals surface area contributed by atoms with Crippen molar-refractivity contribution < 1.29 is 19.1 Å². The zero-order valence-electron chi connectivity index (χ0n) is 10.6. The number of nitrogens with zero attached hydrogens (tertiary/aromatic N) is 1. The molecule has 2 rings (SSSR count). The molecule has 5 nitrogen and oxygen atoms in total. The number of carbonyl (C=O) groups excluding carboxylic acids is 1. The van der Waals surface area contributed by atoms with Crippen LogP contribution in [-0.2, 0) is 9.63 Å². The second kappa shape index (κ2) is 5.08. The van der Waals surface area contributed by atoms with Crippen molar-refractivity contribution in [3.8, 4) is 11.5 Å². The van der Waals surface area contributed by atoms with E-state index >= 15 is 0 Å². The van der Waals surface area contributed by atoms with E-state index in [4.69, 9.17) is 14.3 Å². The molecule has 5 heteroatoms. The third-order valence-corrected chi connectivity index (χ3v) is 2.59. The molecule has 0 bridgehead atoms. The minimum Gasteiger partial charge on any atom is -0.497 e. The van der Waals surface area contributed by atoms with Crippen LogP contribution in [0.15, 0.2) is 23.4 Å². The van der Waals surface area contributed by atoms with Gasteiger partial charge in [-0.25, -0.2) is 4.79 Å². The molecule has 1 aliphatic rings. The molecule has 1 aliphatic heterocycles. The van der Waals surface area contributed by atoms with Crippen molar-refractivity contribution >= 4 is 11.7 Å². The van der Waals surface area contributed by atoms with E-state index in [0.29, 0.717) is 17.9 Å². The highest BCUT2D eigenvalue weighted by Gasteiger charge is 2.23. The predicted octanol–water partition coefficient (Wildman–Crippen LogP) is 2.13. The molecule has 1 heterocycles. The molecule has 0 N–H and O–H groups in total. The number of hydrogen-bond donors (Lipinski definition) is 0. The lowest BCUT2D eigenvalue weighted by molar-refractivity contribution is -0.140. The van der Waals surface area contributed by atoms with Gasteiger partial charge in [0.05, 0.1) is 12.8 Å². The Hall–Kier alpha value is -2.04. The summed E-state index contributed by atoms with van der Waals surface area (Å²) >= 11 is 0. The molecule has 18 heavy (non-hydrogen) atoms. The quantitative estimate of drug-likeness (QED) is 0.595. The summed E-state index contributed by atoms with van der Waals surface area (Å²) in [5.74, 6) is 0.977. The van der Waals surface area contributed by atoms with Crippen molar-refractivity contribution in [3.63, 3.8) is 0 Å². The summed E-state index contributed by atoms with van der Waals surface area (Å²) in [5, 5.41) is 3.88. The maximum Gasteiger partial charge on any atom is 0.331 e. The first kappa shape index (κ1) is 12.4. The van der Waals surface area contributed by atoms with Crippen LogP contribution in [-0.4, -0.2) is 24.9 Å². The molecule has 96 valence electrons. The lowest BCUT2D eigenvalue weighted by atomic mass is 10.0. The van der Waals surface area contributed by atoms with Gasteiger partial charge < -0.3 is 14.3 Å². The number of methoxy groups -OCH3 is 1. The number of benzene rings is 1. The Balaban J connectivity index is 2.36. The first-order valence-corrected chi connectivity index (χ1v) is 5.69. The lowest BCUT2D eigenvalue weighted by Gasteiger charge is -2.24. The van der Waals surface area contributed by atoms with E-state index < -0.39 is 5.97 Å². The van der Waals surface area contributed by atoms with Gasteiger partial charge in [-0.3, -0.25) is 0 Å². The minimum absolute atomic E-state index is 0.0149. The highest BCUT2D eigenvalue weighted by atomic mass is 16.7. The topological polar surface area (TPSA) is 57.1 Å². The number of rotatable bonds is 2. The Bertz CT molecular complexity index is 496. The van der Waals surface area contributed by atoms with Crippen LogP contribution < -0.4 is 9.47 Å². The second-order valence-corrected chi connectivity index (χ2v) is 4.12. The molecule has 0 fully saturated rings. The standard InChI is InChI=1S/C13H15NO4/c1-8-6-12(14-18-9(2)15)11-5-4-10(16-3)7-13(11)17-8/h4-5,7-8H,6H2,1-3H3/b14-12+/t8-/m1/s1. The smallest absolute Gasteiger partial charge is 0.331 e. The summed E-state index contributed by atoms with van der Waals surface area (Å²) < 4.78 is 10.9. The van der Waals surface area contributed by atoms with Crippen LogP contribution >= 0.6 is 0 Å². The van der Waals surface area contributed by atoms with E-state index in [0.717, 1.165) is 11.3 Å². The Kier molecular flexibility index (Phi) is 3.50. The normalized spacial score (nSPS) is 19.9. The van der Waals surface area contributed by atoms with Crippen molar-refractivity contribution in [3.05, 3.63) is 23.8 Å². The number of hydrogen-bond acceptors (Lipinski definition) is 5. The molecule has 0 saturated heterocycles. The van der Waals surface area contributed by atoms with Gasteiger partial charge >= 0.3 is 5.97 Å². The van der Waals surface area contributed by atoms with Crippen LogP contribution in [0.1, 0.15) is 25.8 Å². The molecule has 1 aromatic carbocycles. The molecular formula is C13H15NO4. The predicted molar refractivity (Wildman–Crippen MR) is 66.0 cm³/mol. The van der Waals surface area contributed by atoms with Crippen LogP contribution in [0, 0.1) is 0 Å². The summed E-state index contributed by atoms with van der Waals surface area (Å²) in [6, 6.07) is 5.47. The van der Waals surface area contributed by atoms with Gasteiger partial charge in [-0.05, 0) is 19.1 Å². The molecule has 0 saturated carbocycles. The molecule has 0 radical (unpaired) electrons. The van der Waals surface area contributed by atoms with Gasteiger partial charge in [0.15, 0.2) is 0 Å². The van der Waals surface area contributed by atoms with E-state index in [2.05, 4.69) is 5.16 Å². The molecule has 0 aromatic heterocycles. The molecule has 1 aromatic rings. The van der Waals surface area contributed by atoms with Gasteiger partial charge in [0.1, 0.15) is 17.6 Å². The van der Waals surface area contributed by atoms with E-state index in [1.807, 2.05) is 19.1 Å². The fraction of sp³-hybridized carbons (Fsp3) is 0.385. The van der Waals surface area contributed by atoms with E-state index in [1.54, 1.807) is 13.2 Å². The van der Waals surface area contributed by atoms with Crippen LogP contribution in [0.25, 0.3) is 0 Å². The zero-order chi connectivity index (χ0) is 13.1. The Morgan fingerprint density at radius 2 is 2.28 bits per heavy atom. The molecule has 0 aliphatic carbocycles. The maximum atomic E-state index is 10.8. The fourth-order valence-corrected chi connectivity index (χ4v) is 1.81. The Morgan fingerprint density at radius 1 is 1.50 bits per heavy atom. The van der Waals surface area contributed by atoms with Gasteiger partial charge in [0.25, 0.3) is 0 Å². The van der Waals surface area contributed by atoms with Gasteiger partial charge in [-0.1, -0.05) is 5.16 Å². The van der Waals surface area contributed by atoms with E-state index in [9.17, 15) is 4.79 Å². The summed E-state index contributed by atoms with van der Waals surface area (Å²) in [5.41, 5.74) is 1.54. The van der Waals surface area contributed by atoms with Crippen LogP contribution in [0.3, 0.4) is 0 Å². The number of fused-ring (bicyclic) bond motifs is 1. The maximum absolute atomic E-state index is 10.8. The van der Waals surface area contributed by atoms with Crippen LogP contribution in [0.5, 0.6) is 11.5 Å². The molecule has 1 atom stereocenters. The van der Waals surface area contributed by atoms with Crippen molar-refractivity contribution in [1.82, 2.24) is 0 Å². The summed E-state index contributed by atoms with van der Waals surface area (Å²) in [4.78, 5) is 15.5. The summed E-state index contributed by atoms with van der Waals surface area (Å²) in [6.45, 7) is 3.26. The average Bonchev–Trinajstić information content (AvgIpc) is 2.34. The Labute approximate surface area is 105 Å². The number of carbonyl (C=O) groups is 1. The van der Waals surface area contributed by atoms with Gasteiger partial charge in [-0.15, -0.1) is 0 Å². The minimum atomic E-state index is -0.434. The van der Waals surface area contributed by atoms with Crippen molar-refractivity contribution in [2.45, 2.75) is 26.4 Å². The van der Waals surface area contributed by atoms with E-state index in [-0.39, 0.29) is 6.10 Å². The van der Waals surface area contributed by atoms with Crippen molar-refractivity contribution in [2.75, 3.05) is 7.11 Å². The third kappa shape index (κ3) is 2.61. The fourth-order valence-electron chi connectivity index (χ4n) is 1.81. The average molecular weight is 249 g/mol. The third-order valence-electron chi connectivity index (χ3n) is 2.59. The second-order valence-electron chi connectivity index (χ2n) is 4.12. The van der Waals surface area contributed by atoms with Gasteiger partial charge in [0, 0.05) is 25.0 Å². The van der Waals surface area contributed by atoms with Gasteiger partial charge in [-0.2, -0.15) is 0 Å². The largest absolute Gasteiger partial charge is 0.497 e. The molecule has 0 spiro atoms. The van der Waals surface area contributed by atoms with Gasteiger partial charge in [0.2, 0.25) is 0 Å². The lowest BCUT2D eigenvalue weighted by Crippen LogP contribution is -2.25. The van der Waals surface area contributed by atoms with Crippen molar-refractivity contribution in [1.29, 1.82) is 0 Å². The number of ether oxygens (including phenoxy) is 2. The van der Waals surface area contributed by atoms with Crippen LogP contribution in [0.4, 0.5) is 0 Å². The Morgan fingerprint density at radius 3 is 2.94 bits per heavy atom. The zero-order valence-corrected chi connectivity index (χ0v) is 10.6. The van der Waals surface area contributed by atoms with E-state index in [1.165, 1.54) is 6.92 Å². The van der Waals surface area contributed by atoms with Crippen molar-refractivity contribution in [2.24, 2.45) is 5.16 Å². The molecule has 0 unspecified atom stereocenters. The highest BCUT2D eigenvalue weighted by Crippen LogP contribution is 2.31. The van der Waals surface area contributed by atoms with Crippen LogP contribution in [0.2, 0.25) is 0 Å².